The molecule has 0 fully saturated rings. The monoisotopic (exact) mass is 484 g/mol. The van der Waals surface area contributed by atoms with Crippen molar-refractivity contribution in [2.75, 3.05) is 5.32 Å². The van der Waals surface area contributed by atoms with E-state index in [9.17, 15) is 4.79 Å². The van der Waals surface area contributed by atoms with E-state index in [1.807, 2.05) is 61.5 Å². The Morgan fingerprint density at radius 2 is 1.89 bits per heavy atom. The third-order valence-electron chi connectivity index (χ3n) is 5.39. The molecule has 0 aliphatic heterocycles. The molecule has 0 spiro atoms. The first kappa shape index (κ1) is 22.5. The number of amides is 1. The molecule has 0 aliphatic rings. The fraction of sp³-hybridized carbons (Fsp3) is 0.115. The zero-order valence-corrected chi connectivity index (χ0v) is 19.8. The number of pyridine rings is 1. The third kappa shape index (κ3) is 4.83. The van der Waals surface area contributed by atoms with Gasteiger partial charge < -0.3 is 10.1 Å². The molecule has 5 rings (SSSR count). The minimum atomic E-state index is -0.702. The summed E-state index contributed by atoms with van der Waals surface area (Å²) in [6.45, 7) is 3.58. The maximum absolute atomic E-state index is 12.8. The Balaban J connectivity index is 1.36. The summed E-state index contributed by atoms with van der Waals surface area (Å²) in [5.74, 6) is 0.864. The van der Waals surface area contributed by atoms with E-state index in [1.54, 1.807) is 35.8 Å². The molecule has 2 aromatic carbocycles. The Hall–Kier alpha value is -4.30. The Kier molecular flexibility index (Phi) is 6.12. The maximum Gasteiger partial charge on any atom is 0.265 e. The van der Waals surface area contributed by atoms with Crippen LogP contribution in [-0.2, 0) is 4.79 Å². The van der Waals surface area contributed by atoms with Crippen LogP contribution in [0.15, 0.2) is 79.0 Å². The molecule has 8 nitrogen and oxygen atoms in total. The van der Waals surface area contributed by atoms with E-state index in [2.05, 4.69) is 20.5 Å². The van der Waals surface area contributed by atoms with Gasteiger partial charge in [0, 0.05) is 22.5 Å². The van der Waals surface area contributed by atoms with Gasteiger partial charge >= 0.3 is 0 Å². The predicted octanol–water partition coefficient (Wildman–Crippen LogP) is 5.22. The lowest BCUT2D eigenvalue weighted by Crippen LogP contribution is -2.30. The number of ether oxygens (including phenoxy) is 1. The predicted molar refractivity (Wildman–Crippen MR) is 134 cm³/mol. The molecule has 0 radical (unpaired) electrons. The van der Waals surface area contributed by atoms with Crippen molar-refractivity contribution < 1.29 is 9.53 Å². The molecule has 1 amide bonds. The zero-order chi connectivity index (χ0) is 24.4. The summed E-state index contributed by atoms with van der Waals surface area (Å²) in [4.78, 5) is 17.1. The van der Waals surface area contributed by atoms with Gasteiger partial charge in [-0.1, -0.05) is 29.8 Å². The lowest BCUT2D eigenvalue weighted by molar-refractivity contribution is -0.122. The molecule has 174 valence electrons. The lowest BCUT2D eigenvalue weighted by atomic mass is 10.1. The Labute approximate surface area is 206 Å². The van der Waals surface area contributed by atoms with E-state index in [-0.39, 0.29) is 5.91 Å². The van der Waals surface area contributed by atoms with Crippen LogP contribution in [-0.4, -0.2) is 36.8 Å². The number of carbonyl (C=O) groups excluding carboxylic acids is 1. The van der Waals surface area contributed by atoms with E-state index < -0.39 is 6.10 Å². The number of hydrogen-bond donors (Lipinski definition) is 1. The highest BCUT2D eigenvalue weighted by molar-refractivity contribution is 6.31. The number of rotatable bonds is 6. The second-order valence-electron chi connectivity index (χ2n) is 7.97. The van der Waals surface area contributed by atoms with Crippen molar-refractivity contribution in [2.45, 2.75) is 20.0 Å². The number of aromatic nitrogens is 5. The minimum absolute atomic E-state index is 0.269. The molecule has 5 aromatic rings. The van der Waals surface area contributed by atoms with Crippen LogP contribution in [0.25, 0.3) is 28.4 Å². The van der Waals surface area contributed by atoms with Gasteiger partial charge in [0.25, 0.3) is 5.91 Å². The number of hydrogen-bond acceptors (Lipinski definition) is 6. The smallest absolute Gasteiger partial charge is 0.265 e. The molecule has 3 heterocycles. The van der Waals surface area contributed by atoms with Gasteiger partial charge in [-0.2, -0.15) is 9.61 Å². The molecule has 1 atom stereocenters. The highest BCUT2D eigenvalue weighted by atomic mass is 35.5. The van der Waals surface area contributed by atoms with Gasteiger partial charge in [-0.3, -0.25) is 9.78 Å². The van der Waals surface area contributed by atoms with E-state index in [4.69, 9.17) is 21.4 Å². The molecule has 9 heteroatoms. The van der Waals surface area contributed by atoms with Crippen molar-refractivity contribution in [3.63, 3.8) is 0 Å². The number of halogens is 1. The first-order valence-corrected chi connectivity index (χ1v) is 11.3. The van der Waals surface area contributed by atoms with Crippen LogP contribution in [0.1, 0.15) is 12.5 Å². The maximum atomic E-state index is 12.8. The van der Waals surface area contributed by atoms with E-state index >= 15 is 0 Å². The molecule has 0 saturated heterocycles. The molecular formula is C26H21ClN6O2. The summed E-state index contributed by atoms with van der Waals surface area (Å²) < 4.78 is 7.45. The average Bonchev–Trinajstić information content (AvgIpc) is 3.30. The number of anilines is 1. The Bertz CT molecular complexity index is 1520. The molecule has 3 aromatic heterocycles. The van der Waals surface area contributed by atoms with Gasteiger partial charge in [0.1, 0.15) is 11.4 Å². The third-order valence-corrected chi connectivity index (χ3v) is 5.82. The van der Waals surface area contributed by atoms with Crippen LogP contribution in [0.5, 0.6) is 5.75 Å². The Morgan fingerprint density at radius 1 is 1.00 bits per heavy atom. The molecule has 1 unspecified atom stereocenters. The van der Waals surface area contributed by atoms with Gasteiger partial charge in [-0.15, -0.1) is 10.2 Å². The number of aryl methyl sites for hydroxylation is 1. The number of fused-ring (bicyclic) bond motifs is 1. The molecule has 1 N–H and O–H groups in total. The first-order valence-electron chi connectivity index (χ1n) is 11.0. The van der Waals surface area contributed by atoms with Crippen LogP contribution < -0.4 is 10.1 Å². The van der Waals surface area contributed by atoms with Crippen LogP contribution in [0, 0.1) is 6.92 Å². The van der Waals surface area contributed by atoms with Crippen molar-refractivity contribution >= 4 is 28.8 Å². The SMILES string of the molecule is Cc1cc(OC(C)C(=O)Nc2cccc(-c3ccc4nnc(-c5ccccn5)n4n3)c2)ccc1Cl. The summed E-state index contributed by atoms with van der Waals surface area (Å²) >= 11 is 6.07. The van der Waals surface area contributed by atoms with Gasteiger partial charge in [0.05, 0.1) is 5.69 Å². The fourth-order valence-corrected chi connectivity index (χ4v) is 3.66. The van der Waals surface area contributed by atoms with Gasteiger partial charge in [-0.05, 0) is 74.0 Å². The van der Waals surface area contributed by atoms with Crippen LogP contribution in [0.3, 0.4) is 0 Å². The summed E-state index contributed by atoms with van der Waals surface area (Å²) in [6, 6.07) is 22.0. The zero-order valence-electron chi connectivity index (χ0n) is 19.0. The van der Waals surface area contributed by atoms with E-state index in [1.165, 1.54) is 0 Å². The topological polar surface area (TPSA) is 94.3 Å². The average molecular weight is 485 g/mol. The van der Waals surface area contributed by atoms with Crippen molar-refractivity contribution in [3.8, 4) is 28.5 Å². The highest BCUT2D eigenvalue weighted by Gasteiger charge is 2.16. The highest BCUT2D eigenvalue weighted by Crippen LogP contribution is 2.24. The number of benzene rings is 2. The fourth-order valence-electron chi connectivity index (χ4n) is 3.55. The van der Waals surface area contributed by atoms with E-state index in [0.717, 1.165) is 11.1 Å². The summed E-state index contributed by atoms with van der Waals surface area (Å²) in [5.41, 5.74) is 4.33. The lowest BCUT2D eigenvalue weighted by Gasteiger charge is -2.16. The van der Waals surface area contributed by atoms with Crippen LogP contribution in [0.2, 0.25) is 5.02 Å². The first-order chi connectivity index (χ1) is 17.0. The van der Waals surface area contributed by atoms with Gasteiger partial charge in [-0.25, -0.2) is 0 Å². The normalized spacial score (nSPS) is 11.9. The van der Waals surface area contributed by atoms with Gasteiger partial charge in [0.2, 0.25) is 5.82 Å². The molecule has 0 bridgehead atoms. The second-order valence-corrected chi connectivity index (χ2v) is 8.38. The molecule has 0 aliphatic carbocycles. The van der Waals surface area contributed by atoms with Gasteiger partial charge in [0.15, 0.2) is 11.8 Å². The molecular weight excluding hydrogens is 464 g/mol. The minimum Gasteiger partial charge on any atom is -0.481 e. The largest absolute Gasteiger partial charge is 0.481 e. The quantitative estimate of drug-likeness (QED) is 0.355. The number of nitrogens with zero attached hydrogens (tertiary/aromatic N) is 5. The number of nitrogens with one attached hydrogen (secondary N) is 1. The van der Waals surface area contributed by atoms with Crippen LogP contribution >= 0.6 is 11.6 Å². The summed E-state index contributed by atoms with van der Waals surface area (Å²) in [5, 5.41) is 16.7. The standard InChI is InChI=1S/C26H21ClN6O2/c1-16-14-20(9-10-21(16)27)35-17(2)26(34)29-19-7-5-6-18(15-19)22-11-12-24-30-31-25(33(24)32-22)23-8-3-4-13-28-23/h3-15,17H,1-2H3,(H,29,34). The van der Waals surface area contributed by atoms with Crippen molar-refractivity contribution in [3.05, 3.63) is 89.6 Å². The Morgan fingerprint density at radius 3 is 2.69 bits per heavy atom. The van der Waals surface area contributed by atoms with Crippen LogP contribution in [0.4, 0.5) is 5.69 Å². The second kappa shape index (κ2) is 9.52. The summed E-state index contributed by atoms with van der Waals surface area (Å²) in [7, 11) is 0. The van der Waals surface area contributed by atoms with Crippen molar-refractivity contribution in [1.82, 2.24) is 24.8 Å². The summed E-state index contributed by atoms with van der Waals surface area (Å²) in [6.07, 6.45) is 0.997. The molecule has 0 saturated carbocycles. The number of carbonyl (C=O) groups is 1. The van der Waals surface area contributed by atoms with Crippen molar-refractivity contribution in [1.29, 1.82) is 0 Å². The molecule has 35 heavy (non-hydrogen) atoms. The van der Waals surface area contributed by atoms with E-state index in [0.29, 0.717) is 39.3 Å². The van der Waals surface area contributed by atoms with Crippen molar-refractivity contribution in [2.24, 2.45) is 0 Å².